The summed E-state index contributed by atoms with van der Waals surface area (Å²) in [6.45, 7) is 1.40. The van der Waals surface area contributed by atoms with Gasteiger partial charge in [-0.25, -0.2) is 9.48 Å². The molecule has 1 N–H and O–H groups in total. The van der Waals surface area contributed by atoms with Gasteiger partial charge in [-0.3, -0.25) is 14.4 Å². The van der Waals surface area contributed by atoms with Gasteiger partial charge in [-0.2, -0.15) is 0 Å². The van der Waals surface area contributed by atoms with Gasteiger partial charge in [0.15, 0.2) is 5.78 Å². The van der Waals surface area contributed by atoms with Gasteiger partial charge in [0.2, 0.25) is 11.8 Å². The summed E-state index contributed by atoms with van der Waals surface area (Å²) < 4.78 is 16.6. The zero-order valence-electron chi connectivity index (χ0n) is 23.3. The average molecular weight is 590 g/mol. The fourth-order valence-electron chi connectivity index (χ4n) is 4.47. The summed E-state index contributed by atoms with van der Waals surface area (Å²) in [6.07, 6.45) is 0.120. The van der Waals surface area contributed by atoms with Crippen LogP contribution in [0.4, 0.5) is 5.69 Å². The van der Waals surface area contributed by atoms with E-state index in [1.165, 1.54) is 52.5 Å². The van der Waals surface area contributed by atoms with Crippen LogP contribution < -0.4 is 20.3 Å². The Morgan fingerprint density at radius 3 is 2.26 bits per heavy atom. The van der Waals surface area contributed by atoms with Gasteiger partial charge in [-0.15, -0.1) is 5.10 Å². The van der Waals surface area contributed by atoms with Crippen LogP contribution in [-0.4, -0.2) is 48.8 Å². The predicted molar refractivity (Wildman–Crippen MR) is 158 cm³/mol. The van der Waals surface area contributed by atoms with Crippen molar-refractivity contribution < 1.29 is 28.6 Å². The summed E-state index contributed by atoms with van der Waals surface area (Å²) in [5.74, 6) is -1.16. The molecular formula is C31H28ClN3O7. The molecule has 0 aliphatic heterocycles. The first-order valence-electron chi connectivity index (χ1n) is 12.8. The molecule has 0 fully saturated rings. The quantitative estimate of drug-likeness (QED) is 0.202. The first-order valence-corrected chi connectivity index (χ1v) is 13.1. The summed E-state index contributed by atoms with van der Waals surface area (Å²) in [5.41, 5.74) is 1.66. The number of hydrogen-bond donors (Lipinski definition) is 1. The molecule has 0 spiro atoms. The molecule has 0 saturated heterocycles. The van der Waals surface area contributed by atoms with Crippen LogP contribution in [-0.2, 0) is 16.0 Å². The van der Waals surface area contributed by atoms with Gasteiger partial charge in [0.1, 0.15) is 17.4 Å². The Labute approximate surface area is 246 Å². The van der Waals surface area contributed by atoms with Gasteiger partial charge in [0, 0.05) is 34.8 Å². The molecule has 0 bridgehead atoms. The zero-order valence-corrected chi connectivity index (χ0v) is 24.1. The lowest BCUT2D eigenvalue weighted by atomic mass is 9.98. The van der Waals surface area contributed by atoms with Crippen LogP contribution in [0.1, 0.15) is 39.2 Å². The molecule has 216 valence electrons. The summed E-state index contributed by atoms with van der Waals surface area (Å²) in [5, 5.41) is 7.57. The van der Waals surface area contributed by atoms with Crippen molar-refractivity contribution in [2.75, 3.05) is 26.6 Å². The number of amides is 1. The first-order chi connectivity index (χ1) is 20.2. The van der Waals surface area contributed by atoms with Gasteiger partial charge in [0.05, 0.1) is 26.9 Å². The number of methoxy groups -OCH3 is 3. The maximum absolute atomic E-state index is 13.7. The Hall–Kier alpha value is -4.96. The number of carbonyl (C=O) groups is 3. The molecule has 1 heterocycles. The number of halogens is 1. The van der Waals surface area contributed by atoms with Gasteiger partial charge in [-0.1, -0.05) is 41.9 Å². The van der Waals surface area contributed by atoms with Crippen molar-refractivity contribution in [3.05, 3.63) is 105 Å². The molecular weight excluding hydrogens is 562 g/mol. The lowest BCUT2D eigenvalue weighted by Crippen LogP contribution is -2.36. The summed E-state index contributed by atoms with van der Waals surface area (Å²) in [7, 11) is 4.02. The molecule has 0 saturated carbocycles. The molecule has 4 rings (SSSR count). The smallest absolute Gasteiger partial charge is 0.341 e. The topological polar surface area (TPSA) is 126 Å². The lowest BCUT2D eigenvalue weighted by molar-refractivity contribution is -0.119. The fourth-order valence-corrected chi connectivity index (χ4v) is 4.64. The standard InChI is InChI=1S/C31H28ClN3O7/c1-18(36)22-12-10-20(32)15-24(22)25-17-28(37)35(34-30(25)41-3)26(14-19-8-6-5-7-9-19)29(38)33-21-11-13-23(31(39)42-4)27(16-21)40-2/h5-13,15-17,26H,14H2,1-4H3,(H,33,38). The highest BCUT2D eigenvalue weighted by Gasteiger charge is 2.27. The van der Waals surface area contributed by atoms with E-state index >= 15 is 0 Å². The van der Waals surface area contributed by atoms with Crippen LogP contribution in [0.2, 0.25) is 5.02 Å². The number of carbonyl (C=O) groups excluding carboxylic acids is 3. The van der Waals surface area contributed by atoms with Crippen LogP contribution in [0.3, 0.4) is 0 Å². The van der Waals surface area contributed by atoms with Gasteiger partial charge < -0.3 is 19.5 Å². The predicted octanol–water partition coefficient (Wildman–Crippen LogP) is 4.99. The van der Waals surface area contributed by atoms with E-state index in [1.807, 2.05) is 30.3 Å². The molecule has 1 amide bonds. The molecule has 3 aromatic carbocycles. The number of esters is 1. The number of nitrogens with one attached hydrogen (secondary N) is 1. The highest BCUT2D eigenvalue weighted by Crippen LogP contribution is 2.33. The number of hydrogen-bond acceptors (Lipinski definition) is 8. The summed E-state index contributed by atoms with van der Waals surface area (Å²) >= 11 is 6.21. The van der Waals surface area contributed by atoms with Crippen LogP contribution in [0.25, 0.3) is 11.1 Å². The Balaban J connectivity index is 1.79. The second-order valence-electron chi connectivity index (χ2n) is 9.20. The normalized spacial score (nSPS) is 11.4. The van der Waals surface area contributed by atoms with Crippen LogP contribution in [0.5, 0.6) is 11.6 Å². The minimum absolute atomic E-state index is 0.0225. The Morgan fingerprint density at radius 2 is 1.62 bits per heavy atom. The number of Topliss-reactive ketones (excluding diaryl/α,β-unsaturated/α-hetero) is 1. The van der Waals surface area contributed by atoms with Crippen LogP contribution in [0.15, 0.2) is 77.6 Å². The average Bonchev–Trinajstić information content (AvgIpc) is 2.99. The van der Waals surface area contributed by atoms with E-state index in [4.69, 9.17) is 25.8 Å². The Kier molecular flexibility index (Phi) is 9.39. The number of ether oxygens (including phenoxy) is 3. The highest BCUT2D eigenvalue weighted by atomic mass is 35.5. The third kappa shape index (κ3) is 6.50. The zero-order chi connectivity index (χ0) is 30.4. The Morgan fingerprint density at radius 1 is 0.905 bits per heavy atom. The highest BCUT2D eigenvalue weighted by molar-refractivity contribution is 6.31. The number of benzene rings is 3. The summed E-state index contributed by atoms with van der Waals surface area (Å²) in [6, 6.07) is 18.5. The second kappa shape index (κ2) is 13.1. The van der Waals surface area contributed by atoms with Crippen LogP contribution >= 0.6 is 11.6 Å². The van der Waals surface area contributed by atoms with Gasteiger partial charge in [0.25, 0.3) is 5.56 Å². The van der Waals surface area contributed by atoms with Gasteiger partial charge in [-0.05, 0) is 48.4 Å². The van der Waals surface area contributed by atoms with Gasteiger partial charge >= 0.3 is 5.97 Å². The Bertz CT molecular complexity index is 1700. The second-order valence-corrected chi connectivity index (χ2v) is 9.63. The van der Waals surface area contributed by atoms with Crippen molar-refractivity contribution in [3.63, 3.8) is 0 Å². The number of ketones is 1. The molecule has 10 nitrogen and oxygen atoms in total. The van der Waals surface area contributed by atoms with Crippen molar-refractivity contribution in [1.82, 2.24) is 9.78 Å². The van der Waals surface area contributed by atoms with E-state index in [-0.39, 0.29) is 35.0 Å². The molecule has 0 aliphatic carbocycles. The first kappa shape index (κ1) is 30.0. The van der Waals surface area contributed by atoms with E-state index in [0.29, 0.717) is 21.8 Å². The molecule has 0 aliphatic rings. The van der Waals surface area contributed by atoms with Crippen LogP contribution in [0, 0.1) is 0 Å². The van der Waals surface area contributed by atoms with E-state index < -0.39 is 23.5 Å². The van der Waals surface area contributed by atoms with Crippen molar-refractivity contribution in [2.24, 2.45) is 0 Å². The minimum Gasteiger partial charge on any atom is -0.496 e. The monoisotopic (exact) mass is 589 g/mol. The van der Waals surface area contributed by atoms with Crippen molar-refractivity contribution in [1.29, 1.82) is 0 Å². The third-order valence-corrected chi connectivity index (χ3v) is 6.75. The largest absolute Gasteiger partial charge is 0.496 e. The molecule has 1 aromatic heterocycles. The molecule has 1 unspecified atom stereocenters. The van der Waals surface area contributed by atoms with Crippen molar-refractivity contribution >= 4 is 34.9 Å². The molecule has 1 atom stereocenters. The maximum Gasteiger partial charge on any atom is 0.341 e. The van der Waals surface area contributed by atoms with Crippen molar-refractivity contribution in [2.45, 2.75) is 19.4 Å². The van der Waals surface area contributed by atoms with E-state index in [2.05, 4.69) is 10.4 Å². The summed E-state index contributed by atoms with van der Waals surface area (Å²) in [4.78, 5) is 51.7. The fraction of sp³-hybridized carbons (Fsp3) is 0.194. The molecule has 0 radical (unpaired) electrons. The molecule has 42 heavy (non-hydrogen) atoms. The minimum atomic E-state index is -1.11. The lowest BCUT2D eigenvalue weighted by Gasteiger charge is -2.21. The number of aromatic nitrogens is 2. The number of nitrogens with zero attached hydrogens (tertiary/aromatic N) is 2. The molecule has 11 heteroatoms. The van der Waals surface area contributed by atoms with E-state index in [1.54, 1.807) is 18.2 Å². The van der Waals surface area contributed by atoms with E-state index in [0.717, 1.165) is 10.2 Å². The molecule has 4 aromatic rings. The van der Waals surface area contributed by atoms with Crippen molar-refractivity contribution in [3.8, 4) is 22.8 Å². The number of anilines is 1. The van der Waals surface area contributed by atoms with E-state index in [9.17, 15) is 19.2 Å². The maximum atomic E-state index is 13.7. The number of rotatable bonds is 10. The SMILES string of the molecule is COC(=O)c1ccc(NC(=O)C(Cc2ccccc2)n2nc(OC)c(-c3cc(Cl)ccc3C(C)=O)cc2=O)cc1OC. The third-order valence-electron chi connectivity index (χ3n) is 6.51.